The number of hydrogen-bond acceptors (Lipinski definition) is 4. The lowest BCUT2D eigenvalue weighted by Crippen LogP contribution is -2.23. The van der Waals surface area contributed by atoms with Crippen molar-refractivity contribution in [1.82, 2.24) is 14.6 Å². The summed E-state index contributed by atoms with van der Waals surface area (Å²) in [6.45, 7) is 6.50. The second kappa shape index (κ2) is 6.99. The van der Waals surface area contributed by atoms with Gasteiger partial charge >= 0.3 is 0 Å². The van der Waals surface area contributed by atoms with E-state index in [0.717, 1.165) is 11.1 Å². The van der Waals surface area contributed by atoms with E-state index in [0.29, 0.717) is 25.4 Å². The van der Waals surface area contributed by atoms with Crippen LogP contribution in [0.25, 0.3) is 22.4 Å². The highest BCUT2D eigenvalue weighted by molar-refractivity contribution is 7.15. The number of thiazole rings is 1. The molecule has 0 amide bonds. The van der Waals surface area contributed by atoms with Crippen molar-refractivity contribution in [2.24, 2.45) is 0 Å². The Bertz CT molecular complexity index is 1280. The normalized spacial score (nSPS) is 12.8. The highest BCUT2D eigenvalue weighted by Gasteiger charge is 2.15. The molecule has 0 saturated heterocycles. The van der Waals surface area contributed by atoms with Crippen LogP contribution in [0.1, 0.15) is 31.9 Å². The summed E-state index contributed by atoms with van der Waals surface area (Å²) in [6.07, 6.45) is 1.74. The van der Waals surface area contributed by atoms with Crippen molar-refractivity contribution in [2.45, 2.75) is 26.2 Å². The zero-order chi connectivity index (χ0) is 20.1. The summed E-state index contributed by atoms with van der Waals surface area (Å²) in [5, 5.41) is 5.44. The van der Waals surface area contributed by atoms with Gasteiger partial charge in [0.25, 0.3) is 5.56 Å². The van der Waals surface area contributed by atoms with Crippen LogP contribution in [-0.4, -0.2) is 14.6 Å². The highest BCUT2D eigenvalue weighted by atomic mass is 35.5. The van der Waals surface area contributed by atoms with E-state index in [4.69, 9.17) is 23.2 Å². The molecule has 4 rings (SSSR count). The Morgan fingerprint density at radius 1 is 1.07 bits per heavy atom. The van der Waals surface area contributed by atoms with Crippen molar-refractivity contribution in [1.29, 1.82) is 0 Å². The van der Waals surface area contributed by atoms with Crippen LogP contribution < -0.4 is 10.1 Å². The predicted molar refractivity (Wildman–Crippen MR) is 117 cm³/mol. The van der Waals surface area contributed by atoms with E-state index in [1.807, 2.05) is 12.1 Å². The largest absolute Gasteiger partial charge is 0.291 e. The van der Waals surface area contributed by atoms with Gasteiger partial charge in [-0.3, -0.25) is 4.79 Å². The number of benzene rings is 2. The Morgan fingerprint density at radius 2 is 1.79 bits per heavy atom. The average Bonchev–Trinajstić information content (AvgIpc) is 3.17. The molecule has 0 bridgehead atoms. The molecule has 4 nitrogen and oxygen atoms in total. The molecule has 2 heterocycles. The van der Waals surface area contributed by atoms with Crippen molar-refractivity contribution in [3.05, 3.63) is 78.5 Å². The second-order valence-electron chi connectivity index (χ2n) is 7.54. The van der Waals surface area contributed by atoms with Gasteiger partial charge in [-0.2, -0.15) is 9.50 Å². The first-order valence-corrected chi connectivity index (χ1v) is 10.3. The molecule has 28 heavy (non-hydrogen) atoms. The minimum Gasteiger partial charge on any atom is -0.266 e. The third kappa shape index (κ3) is 3.58. The van der Waals surface area contributed by atoms with Crippen LogP contribution in [0.4, 0.5) is 0 Å². The maximum atomic E-state index is 12.7. The summed E-state index contributed by atoms with van der Waals surface area (Å²) < 4.78 is 1.86. The average molecular weight is 430 g/mol. The number of rotatable bonds is 2. The van der Waals surface area contributed by atoms with E-state index in [9.17, 15) is 4.79 Å². The SMILES string of the molecule is CC(C)(C)c1ccc(-c2nc3sc(=Cc4ccc(Cl)cc4Cl)c(=O)n3n2)cc1. The fraction of sp³-hybridized carbons (Fsp3) is 0.190. The summed E-state index contributed by atoms with van der Waals surface area (Å²) >= 11 is 13.4. The molecule has 0 spiro atoms. The maximum absolute atomic E-state index is 12.7. The summed E-state index contributed by atoms with van der Waals surface area (Å²) in [6, 6.07) is 13.3. The molecule has 0 atom stereocenters. The lowest BCUT2D eigenvalue weighted by atomic mass is 9.87. The number of hydrogen-bond donors (Lipinski definition) is 0. The van der Waals surface area contributed by atoms with Crippen LogP contribution in [0.3, 0.4) is 0 Å². The van der Waals surface area contributed by atoms with Gasteiger partial charge in [0.2, 0.25) is 4.96 Å². The third-order valence-electron chi connectivity index (χ3n) is 4.44. The van der Waals surface area contributed by atoms with E-state index in [2.05, 4.69) is 43.0 Å². The molecular formula is C21H17Cl2N3OS. The lowest BCUT2D eigenvalue weighted by Gasteiger charge is -2.18. The van der Waals surface area contributed by atoms with Crippen molar-refractivity contribution in [2.75, 3.05) is 0 Å². The molecule has 0 aliphatic carbocycles. The third-order valence-corrected chi connectivity index (χ3v) is 5.96. The Balaban J connectivity index is 1.74. The van der Waals surface area contributed by atoms with E-state index < -0.39 is 0 Å². The van der Waals surface area contributed by atoms with Crippen LogP contribution in [0.5, 0.6) is 0 Å². The van der Waals surface area contributed by atoms with Gasteiger partial charge in [-0.25, -0.2) is 0 Å². The van der Waals surface area contributed by atoms with Crippen LogP contribution in [0.15, 0.2) is 47.3 Å². The van der Waals surface area contributed by atoms with Crippen LogP contribution >= 0.6 is 34.5 Å². The lowest BCUT2D eigenvalue weighted by molar-refractivity contribution is 0.590. The zero-order valence-electron chi connectivity index (χ0n) is 15.5. The number of aromatic nitrogens is 3. The first-order valence-electron chi connectivity index (χ1n) is 8.70. The Kier molecular flexibility index (Phi) is 4.78. The number of halogens is 2. The molecule has 0 unspecified atom stereocenters. The molecule has 4 aromatic rings. The standard InChI is InChI=1S/C21H17Cl2N3OS/c1-21(2,3)14-7-4-12(5-8-14)18-24-20-26(25-18)19(27)17(28-20)10-13-6-9-15(22)11-16(13)23/h4-11H,1-3H3. The summed E-state index contributed by atoms with van der Waals surface area (Å²) in [5.74, 6) is 0.542. The van der Waals surface area contributed by atoms with Gasteiger partial charge in [-0.05, 0) is 34.8 Å². The minimum absolute atomic E-state index is 0.0797. The molecule has 142 valence electrons. The molecule has 7 heteroatoms. The fourth-order valence-corrected chi connectivity index (χ4v) is 4.20. The number of fused-ring (bicyclic) bond motifs is 1. The van der Waals surface area contributed by atoms with Crippen molar-refractivity contribution in [3.8, 4) is 11.4 Å². The second-order valence-corrected chi connectivity index (χ2v) is 9.39. The Morgan fingerprint density at radius 3 is 2.39 bits per heavy atom. The molecule has 0 saturated carbocycles. The molecule has 0 radical (unpaired) electrons. The molecule has 0 fully saturated rings. The van der Waals surface area contributed by atoms with Crippen molar-refractivity contribution >= 4 is 45.6 Å². The molecule has 0 aliphatic rings. The van der Waals surface area contributed by atoms with E-state index in [1.54, 1.807) is 24.3 Å². The van der Waals surface area contributed by atoms with Crippen LogP contribution in [0, 0.1) is 0 Å². The van der Waals surface area contributed by atoms with Gasteiger partial charge in [0.05, 0.1) is 4.53 Å². The topological polar surface area (TPSA) is 47.3 Å². The molecule has 2 aromatic heterocycles. The highest BCUT2D eigenvalue weighted by Crippen LogP contribution is 2.25. The van der Waals surface area contributed by atoms with Gasteiger partial charge in [0, 0.05) is 15.6 Å². The first-order chi connectivity index (χ1) is 13.2. The van der Waals surface area contributed by atoms with E-state index in [-0.39, 0.29) is 11.0 Å². The van der Waals surface area contributed by atoms with Crippen molar-refractivity contribution < 1.29 is 0 Å². The van der Waals surface area contributed by atoms with Gasteiger partial charge in [0.15, 0.2) is 5.82 Å². The van der Waals surface area contributed by atoms with Gasteiger partial charge < -0.3 is 0 Å². The van der Waals surface area contributed by atoms with Gasteiger partial charge in [0.1, 0.15) is 0 Å². The molecule has 2 aromatic carbocycles. The van der Waals surface area contributed by atoms with Crippen LogP contribution in [0.2, 0.25) is 10.0 Å². The van der Waals surface area contributed by atoms with Crippen molar-refractivity contribution in [3.63, 3.8) is 0 Å². The quantitative estimate of drug-likeness (QED) is 0.451. The summed E-state index contributed by atoms with van der Waals surface area (Å²) in [7, 11) is 0. The van der Waals surface area contributed by atoms with Crippen LogP contribution in [-0.2, 0) is 5.41 Å². The minimum atomic E-state index is -0.212. The smallest absolute Gasteiger partial charge is 0.266 e. The molecule has 0 aliphatic heterocycles. The number of nitrogens with zero attached hydrogens (tertiary/aromatic N) is 3. The summed E-state index contributed by atoms with van der Waals surface area (Å²) in [4.78, 5) is 17.8. The van der Waals surface area contributed by atoms with Gasteiger partial charge in [-0.1, -0.05) is 85.6 Å². The molecule has 0 N–H and O–H groups in total. The monoisotopic (exact) mass is 429 g/mol. The molecular weight excluding hydrogens is 413 g/mol. The van der Waals surface area contributed by atoms with E-state index >= 15 is 0 Å². The Hall–Kier alpha value is -2.21. The van der Waals surface area contributed by atoms with E-state index in [1.165, 1.54) is 21.4 Å². The summed E-state index contributed by atoms with van der Waals surface area (Å²) in [5.41, 5.74) is 2.71. The Labute approximate surface area is 176 Å². The fourth-order valence-electron chi connectivity index (χ4n) is 2.84. The zero-order valence-corrected chi connectivity index (χ0v) is 17.9. The van der Waals surface area contributed by atoms with Gasteiger partial charge in [-0.15, -0.1) is 5.10 Å². The maximum Gasteiger partial charge on any atom is 0.291 e. The predicted octanol–water partition coefficient (Wildman–Crippen LogP) is 4.97. The first kappa shape index (κ1) is 19.1.